The van der Waals surface area contributed by atoms with E-state index in [0.717, 1.165) is 63.5 Å². The van der Waals surface area contributed by atoms with E-state index < -0.39 is 83.5 Å². The van der Waals surface area contributed by atoms with Crippen LogP contribution in [0.25, 0.3) is 0 Å². The molecule has 0 heterocycles. The van der Waals surface area contributed by atoms with Crippen molar-refractivity contribution >= 4 is 40.2 Å². The highest BCUT2D eigenvalue weighted by Gasteiger charge is 2.54. The number of aliphatic hydroxyl groups is 4. The molecule has 0 saturated heterocycles. The highest BCUT2D eigenvalue weighted by Crippen LogP contribution is 2.49. The quantitative estimate of drug-likeness (QED) is 0.0192. The summed E-state index contributed by atoms with van der Waals surface area (Å²) in [6.45, 7) is 0.867. The predicted molar refractivity (Wildman–Crippen MR) is 199 cm³/mol. The number of carbonyl (C=O) groups excluding carboxylic acids is 2. The van der Waals surface area contributed by atoms with Gasteiger partial charge in [-0.15, -0.1) is 0 Å². The molecule has 53 heavy (non-hydrogen) atoms. The van der Waals surface area contributed by atoms with Gasteiger partial charge in [-0.3, -0.25) is 23.2 Å². The molecular weight excluding hydrogens is 758 g/mol. The minimum absolute atomic E-state index is 0.0460. The van der Waals surface area contributed by atoms with Crippen molar-refractivity contribution in [2.45, 2.75) is 184 Å². The van der Waals surface area contributed by atoms with E-state index in [0.29, 0.717) is 12.8 Å². The Bertz CT molecular complexity index is 1080. The van der Waals surface area contributed by atoms with Crippen LogP contribution in [0.5, 0.6) is 0 Å². The van der Waals surface area contributed by atoms with Gasteiger partial charge in [0.25, 0.3) is 0 Å². The molecule has 0 radical (unpaired) electrons. The number of phosphoric acid groups is 2. The monoisotopic (exact) mass is 824 g/mol. The molecule has 0 spiro atoms. The van der Waals surface area contributed by atoms with Crippen LogP contribution in [0.4, 0.5) is 0 Å². The highest BCUT2D eigenvalue weighted by atomic mass is 32.1. The number of thiol groups is 1. The van der Waals surface area contributed by atoms with Crippen LogP contribution in [0.15, 0.2) is 0 Å². The van der Waals surface area contributed by atoms with E-state index in [2.05, 4.69) is 24.1 Å². The molecule has 19 heteroatoms. The summed E-state index contributed by atoms with van der Waals surface area (Å²) >= 11 is 4.19. The van der Waals surface area contributed by atoms with Crippen molar-refractivity contribution in [1.29, 1.82) is 0 Å². The van der Waals surface area contributed by atoms with Gasteiger partial charge in [0.2, 0.25) is 0 Å². The lowest BCUT2D eigenvalue weighted by atomic mass is 9.85. The Kier molecular flexibility index (Phi) is 27.3. The van der Waals surface area contributed by atoms with Crippen LogP contribution in [-0.2, 0) is 41.8 Å². The van der Waals surface area contributed by atoms with E-state index in [1.807, 2.05) is 0 Å². The summed E-state index contributed by atoms with van der Waals surface area (Å²) in [5.74, 6) is -0.398. The molecule has 0 aromatic carbocycles. The Hall–Kier alpha value is -0.650. The summed E-state index contributed by atoms with van der Waals surface area (Å²) in [5.41, 5.74) is 0. The maximum Gasteiger partial charge on any atom is 0.472 e. The standard InChI is InChI=1S/C34H66O16P2S/c1-2-3-4-5-6-7-8-9-10-11-12-16-19-22-28(36)48-26(24-46-27(35)21-18-15-13-14-17-20-23-53)25-47-52(44,45)50-34-31(39)29(37)30(38)33(32(34)40)49-51(41,42)43/h26,29-34,37-40,53H,2-25H2,1H3,(H,44,45)(H2,41,42,43)/t26-,29-,30?,31-,32?,33+,34?/m1/s1. The van der Waals surface area contributed by atoms with Crippen molar-refractivity contribution in [1.82, 2.24) is 0 Å². The van der Waals surface area contributed by atoms with E-state index in [4.69, 9.17) is 28.3 Å². The van der Waals surface area contributed by atoms with Crippen LogP contribution in [0.2, 0.25) is 0 Å². The summed E-state index contributed by atoms with van der Waals surface area (Å²) in [6.07, 6.45) is 5.45. The number of rotatable bonds is 32. The normalized spacial score (nSPS) is 23.7. The Morgan fingerprint density at radius 1 is 0.585 bits per heavy atom. The molecule has 7 N–H and O–H groups in total. The molecule has 0 aliphatic heterocycles. The lowest BCUT2D eigenvalue weighted by Gasteiger charge is -2.43. The number of hydrogen-bond acceptors (Lipinski definition) is 14. The lowest BCUT2D eigenvalue weighted by Crippen LogP contribution is -2.64. The average Bonchev–Trinajstić information content (AvgIpc) is 3.10. The predicted octanol–water partition coefficient (Wildman–Crippen LogP) is 5.02. The van der Waals surface area contributed by atoms with Crippen molar-refractivity contribution in [3.63, 3.8) is 0 Å². The highest BCUT2D eigenvalue weighted by molar-refractivity contribution is 7.80. The second-order valence-electron chi connectivity index (χ2n) is 13.7. The first kappa shape index (κ1) is 50.4. The minimum Gasteiger partial charge on any atom is -0.462 e. The molecule has 0 aromatic rings. The Morgan fingerprint density at radius 3 is 1.49 bits per heavy atom. The van der Waals surface area contributed by atoms with Gasteiger partial charge in [0.15, 0.2) is 6.10 Å². The molecular formula is C34H66O16P2S. The molecule has 16 nitrogen and oxygen atoms in total. The number of esters is 2. The lowest BCUT2D eigenvalue weighted by molar-refractivity contribution is -0.216. The fourth-order valence-electron chi connectivity index (χ4n) is 5.95. The van der Waals surface area contributed by atoms with Crippen LogP contribution in [0.3, 0.4) is 0 Å². The molecule has 1 saturated carbocycles. The number of unbranched alkanes of at least 4 members (excludes halogenated alkanes) is 17. The third kappa shape index (κ3) is 23.9. The van der Waals surface area contributed by atoms with Crippen LogP contribution >= 0.6 is 28.3 Å². The van der Waals surface area contributed by atoms with Gasteiger partial charge in [0.05, 0.1) is 6.61 Å². The minimum atomic E-state index is -5.35. The van der Waals surface area contributed by atoms with Gasteiger partial charge in [-0.05, 0) is 25.0 Å². The van der Waals surface area contributed by atoms with Crippen LogP contribution < -0.4 is 0 Å². The molecule has 8 atom stereocenters. The van der Waals surface area contributed by atoms with Gasteiger partial charge >= 0.3 is 27.6 Å². The number of hydrogen-bond donors (Lipinski definition) is 8. The molecule has 1 aliphatic rings. The third-order valence-corrected chi connectivity index (χ3v) is 10.8. The Labute approximate surface area is 319 Å². The zero-order valence-corrected chi connectivity index (χ0v) is 33.8. The molecule has 4 unspecified atom stereocenters. The third-order valence-electron chi connectivity index (χ3n) is 8.99. The van der Waals surface area contributed by atoms with E-state index >= 15 is 0 Å². The number of carbonyl (C=O) groups is 2. The second kappa shape index (κ2) is 28.7. The average molecular weight is 825 g/mol. The molecule has 314 valence electrons. The van der Waals surface area contributed by atoms with Gasteiger partial charge in [0, 0.05) is 12.8 Å². The maximum absolute atomic E-state index is 12.9. The van der Waals surface area contributed by atoms with E-state index in [9.17, 15) is 44.0 Å². The van der Waals surface area contributed by atoms with Gasteiger partial charge in [-0.25, -0.2) is 9.13 Å². The largest absolute Gasteiger partial charge is 0.472 e. The molecule has 1 aliphatic carbocycles. The Morgan fingerprint density at radius 2 is 1.02 bits per heavy atom. The zero-order chi connectivity index (χ0) is 39.7. The first-order valence-electron chi connectivity index (χ1n) is 19.2. The molecule has 1 fully saturated rings. The SMILES string of the molecule is CCCCCCCCCCCCCCCC(=O)O[C@H](COC(=O)CCCCCCCCS)COP(=O)(O)OC1C(O)[C@@H](OP(=O)(O)O)C(O)[C@@H](O)[C@H]1O. The fourth-order valence-corrected chi connectivity index (χ4v) is 7.71. The molecule has 0 bridgehead atoms. The molecule has 0 aromatic heterocycles. The van der Waals surface area contributed by atoms with Gasteiger partial charge in [0.1, 0.15) is 43.2 Å². The first-order valence-corrected chi connectivity index (χ1v) is 22.9. The summed E-state index contributed by atoms with van der Waals surface area (Å²) < 4.78 is 48.9. The van der Waals surface area contributed by atoms with E-state index in [1.54, 1.807) is 0 Å². The van der Waals surface area contributed by atoms with E-state index in [1.165, 1.54) is 51.4 Å². The van der Waals surface area contributed by atoms with Crippen molar-refractivity contribution in [2.24, 2.45) is 0 Å². The van der Waals surface area contributed by atoms with Crippen LogP contribution in [0.1, 0.15) is 142 Å². The van der Waals surface area contributed by atoms with Crippen molar-refractivity contribution in [3.05, 3.63) is 0 Å². The smallest absolute Gasteiger partial charge is 0.462 e. The summed E-state index contributed by atoms with van der Waals surface area (Å²) in [7, 11) is -10.6. The molecule has 1 rings (SSSR count). The van der Waals surface area contributed by atoms with Gasteiger partial charge in [-0.1, -0.05) is 110 Å². The van der Waals surface area contributed by atoms with Crippen molar-refractivity contribution < 1.29 is 76.9 Å². The summed E-state index contributed by atoms with van der Waals surface area (Å²) in [5, 5.41) is 40.9. The topological polar surface area (TPSA) is 256 Å². The second-order valence-corrected chi connectivity index (χ2v) is 16.8. The van der Waals surface area contributed by atoms with Crippen molar-refractivity contribution in [3.8, 4) is 0 Å². The number of phosphoric ester groups is 2. The number of aliphatic hydroxyl groups excluding tert-OH is 4. The van der Waals surface area contributed by atoms with Crippen molar-refractivity contribution in [2.75, 3.05) is 19.0 Å². The van der Waals surface area contributed by atoms with Gasteiger partial charge in [-0.2, -0.15) is 12.6 Å². The maximum atomic E-state index is 12.9. The van der Waals surface area contributed by atoms with Crippen LogP contribution in [-0.4, -0.2) is 109 Å². The molecule has 0 amide bonds. The van der Waals surface area contributed by atoms with Gasteiger partial charge < -0.3 is 44.6 Å². The first-order chi connectivity index (χ1) is 25.1. The number of ether oxygens (including phenoxy) is 2. The Balaban J connectivity index is 2.67. The van der Waals surface area contributed by atoms with Crippen LogP contribution in [0, 0.1) is 0 Å². The summed E-state index contributed by atoms with van der Waals surface area (Å²) in [4.78, 5) is 53.7. The van der Waals surface area contributed by atoms with E-state index in [-0.39, 0.29) is 12.8 Å². The summed E-state index contributed by atoms with van der Waals surface area (Å²) in [6, 6.07) is 0. The fraction of sp³-hybridized carbons (Fsp3) is 0.941. The zero-order valence-electron chi connectivity index (χ0n) is 31.2.